The van der Waals surface area contributed by atoms with Crippen LogP contribution in [0.4, 0.5) is 26.3 Å². The van der Waals surface area contributed by atoms with Gasteiger partial charge >= 0.3 is 6.18 Å². The summed E-state index contributed by atoms with van der Waals surface area (Å²) in [4.78, 5) is 32.9. The van der Waals surface area contributed by atoms with Gasteiger partial charge in [-0.1, -0.05) is 11.2 Å². The van der Waals surface area contributed by atoms with Gasteiger partial charge in [-0.15, -0.1) is 0 Å². The van der Waals surface area contributed by atoms with E-state index in [0.29, 0.717) is 11.8 Å². The Morgan fingerprint density at radius 1 is 1.12 bits per heavy atom. The van der Waals surface area contributed by atoms with Gasteiger partial charge in [-0.3, -0.25) is 9.59 Å². The summed E-state index contributed by atoms with van der Waals surface area (Å²) in [5, 5.41) is 11.8. The second-order valence-corrected chi connectivity index (χ2v) is 10.4. The molecule has 2 aromatic heterocycles. The van der Waals surface area contributed by atoms with Gasteiger partial charge in [0.2, 0.25) is 12.3 Å². The molecular weight excluding hydrogens is 546 g/mol. The largest absolute Gasteiger partial charge is 0.405 e. The first kappa shape index (κ1) is 27.9. The Morgan fingerprint density at radius 3 is 2.35 bits per heavy atom. The first-order valence-corrected chi connectivity index (χ1v) is 12.8. The van der Waals surface area contributed by atoms with Crippen molar-refractivity contribution in [3.8, 4) is 0 Å². The zero-order valence-corrected chi connectivity index (χ0v) is 21.2. The molecule has 0 radical (unpaired) electrons. The number of nitrogens with zero attached hydrogens (tertiary/aromatic N) is 3. The molecule has 40 heavy (non-hydrogen) atoms. The summed E-state index contributed by atoms with van der Waals surface area (Å²) in [6.45, 7) is -0.188. The molecule has 2 aliphatic rings. The normalized spacial score (nSPS) is 17.4. The summed E-state index contributed by atoms with van der Waals surface area (Å²) in [6.07, 6.45) is -5.21. The van der Waals surface area contributed by atoms with Gasteiger partial charge in [-0.05, 0) is 61.6 Å². The SMILES string of the molecule is Cc1nonc1C(=O)N[C@H](c1nc2c(F)c([C@H](CC(F)F)C(=O)NCC(F)(F)F)ccc2[nH]1)C(C1CC1)C1CC1. The van der Waals surface area contributed by atoms with Crippen LogP contribution >= 0.6 is 0 Å². The van der Waals surface area contributed by atoms with Crippen molar-refractivity contribution in [2.24, 2.45) is 17.8 Å². The average Bonchev–Trinajstić information content (AvgIpc) is 3.81. The molecule has 5 rings (SSSR count). The Bertz CT molecular complexity index is 1390. The lowest BCUT2D eigenvalue weighted by molar-refractivity contribution is -0.139. The van der Waals surface area contributed by atoms with E-state index in [9.17, 15) is 31.5 Å². The molecule has 3 aromatic rings. The zero-order chi connectivity index (χ0) is 28.8. The Morgan fingerprint density at radius 2 is 1.80 bits per heavy atom. The maximum Gasteiger partial charge on any atom is 0.405 e. The fraction of sp³-hybridized carbons (Fsp3) is 0.560. The number of nitrogens with one attached hydrogen (secondary N) is 3. The molecule has 2 saturated carbocycles. The lowest BCUT2D eigenvalue weighted by Gasteiger charge is -2.26. The van der Waals surface area contributed by atoms with Crippen LogP contribution in [0.2, 0.25) is 0 Å². The quantitative estimate of drug-likeness (QED) is 0.286. The number of alkyl halides is 5. The summed E-state index contributed by atoms with van der Waals surface area (Å²) < 4.78 is 84.7. The smallest absolute Gasteiger partial charge is 0.346 e. The molecule has 15 heteroatoms. The summed E-state index contributed by atoms with van der Waals surface area (Å²) in [5.41, 5.74) is -0.346. The van der Waals surface area contributed by atoms with Crippen LogP contribution in [0.15, 0.2) is 16.8 Å². The van der Waals surface area contributed by atoms with E-state index in [0.717, 1.165) is 31.7 Å². The van der Waals surface area contributed by atoms with Gasteiger partial charge in [0, 0.05) is 12.0 Å². The number of imidazole rings is 1. The third-order valence-corrected chi connectivity index (χ3v) is 7.38. The molecular formula is C25H26F6N6O3. The van der Waals surface area contributed by atoms with Crippen LogP contribution in [0.1, 0.15) is 71.6 Å². The van der Waals surface area contributed by atoms with Gasteiger partial charge in [0.1, 0.15) is 23.6 Å². The van der Waals surface area contributed by atoms with E-state index in [1.807, 2.05) is 0 Å². The second-order valence-electron chi connectivity index (χ2n) is 10.4. The number of benzene rings is 1. The minimum Gasteiger partial charge on any atom is -0.346 e. The van der Waals surface area contributed by atoms with E-state index in [1.54, 1.807) is 12.2 Å². The molecule has 216 valence electrons. The molecule has 0 spiro atoms. The van der Waals surface area contributed by atoms with Crippen molar-refractivity contribution in [1.82, 2.24) is 30.9 Å². The molecule has 9 nitrogen and oxygen atoms in total. The number of aromatic nitrogens is 4. The highest BCUT2D eigenvalue weighted by Gasteiger charge is 2.47. The van der Waals surface area contributed by atoms with E-state index >= 15 is 4.39 Å². The Balaban J connectivity index is 1.50. The lowest BCUT2D eigenvalue weighted by Crippen LogP contribution is -2.37. The summed E-state index contributed by atoms with van der Waals surface area (Å²) in [5.74, 6) is -4.08. The number of fused-ring (bicyclic) bond motifs is 1. The number of amides is 2. The van der Waals surface area contributed by atoms with Crippen LogP contribution in [0.3, 0.4) is 0 Å². The Hall–Kier alpha value is -3.65. The molecule has 2 fully saturated rings. The van der Waals surface area contributed by atoms with Gasteiger partial charge in [-0.25, -0.2) is 22.8 Å². The van der Waals surface area contributed by atoms with Gasteiger partial charge < -0.3 is 15.6 Å². The van der Waals surface area contributed by atoms with Gasteiger partial charge in [0.15, 0.2) is 11.5 Å². The highest BCUT2D eigenvalue weighted by Crippen LogP contribution is 2.54. The summed E-state index contributed by atoms with van der Waals surface area (Å²) in [6, 6.07) is 1.73. The maximum absolute atomic E-state index is 15.7. The predicted molar refractivity (Wildman–Crippen MR) is 127 cm³/mol. The topological polar surface area (TPSA) is 126 Å². The highest BCUT2D eigenvalue weighted by atomic mass is 19.4. The number of aryl methyl sites for hydroxylation is 1. The average molecular weight is 573 g/mol. The van der Waals surface area contributed by atoms with Crippen LogP contribution in [-0.4, -0.2) is 51.2 Å². The number of halogens is 6. The predicted octanol–water partition coefficient (Wildman–Crippen LogP) is 4.72. The molecule has 3 N–H and O–H groups in total. The molecule has 0 aliphatic heterocycles. The van der Waals surface area contributed by atoms with E-state index < -0.39 is 60.7 Å². The lowest BCUT2D eigenvalue weighted by atomic mass is 9.88. The number of hydrogen-bond donors (Lipinski definition) is 3. The van der Waals surface area contributed by atoms with Crippen LogP contribution in [-0.2, 0) is 4.79 Å². The number of carbonyl (C=O) groups is 2. The number of aromatic amines is 1. The molecule has 2 heterocycles. The van der Waals surface area contributed by atoms with E-state index in [2.05, 4.69) is 30.2 Å². The fourth-order valence-electron chi connectivity index (χ4n) is 5.24. The number of rotatable bonds is 11. The zero-order valence-electron chi connectivity index (χ0n) is 21.2. The molecule has 2 atom stereocenters. The van der Waals surface area contributed by atoms with Crippen molar-refractivity contribution in [1.29, 1.82) is 0 Å². The maximum atomic E-state index is 15.7. The minimum atomic E-state index is -4.77. The number of carbonyl (C=O) groups excluding carboxylic acids is 2. The number of H-pyrrole nitrogens is 1. The first-order valence-electron chi connectivity index (χ1n) is 12.8. The van der Waals surface area contributed by atoms with Crippen molar-refractivity contribution in [2.75, 3.05) is 6.54 Å². The van der Waals surface area contributed by atoms with E-state index in [4.69, 9.17) is 0 Å². The molecule has 0 saturated heterocycles. The van der Waals surface area contributed by atoms with Crippen LogP contribution < -0.4 is 10.6 Å². The number of hydrogen-bond acceptors (Lipinski definition) is 6. The van der Waals surface area contributed by atoms with E-state index in [-0.39, 0.29) is 34.2 Å². The second kappa shape index (κ2) is 10.7. The standard InChI is InChI=1S/C25H26F6N6O3/c1-10-19(37-40-36-10)24(39)35-21(17(11-2-3-11)12-4-5-12)22-33-15-7-6-13(18(28)20(15)34-22)14(8-16(26)27)23(38)32-9-25(29,30)31/h6-7,11-12,14,16-17,21H,2-5,8-9H2,1H3,(H,32,38)(H,33,34)(H,35,39)/t14-,21-/m0/s1. The van der Waals surface area contributed by atoms with E-state index in [1.165, 1.54) is 6.07 Å². The van der Waals surface area contributed by atoms with Crippen LogP contribution in [0.25, 0.3) is 11.0 Å². The van der Waals surface area contributed by atoms with Crippen molar-refractivity contribution < 1.29 is 40.6 Å². The third-order valence-electron chi connectivity index (χ3n) is 7.38. The van der Waals surface area contributed by atoms with Crippen molar-refractivity contribution in [2.45, 2.75) is 63.6 Å². The summed E-state index contributed by atoms with van der Waals surface area (Å²) in [7, 11) is 0. The van der Waals surface area contributed by atoms with Crippen molar-refractivity contribution in [3.05, 3.63) is 40.7 Å². The monoisotopic (exact) mass is 572 g/mol. The van der Waals surface area contributed by atoms with Crippen LogP contribution in [0.5, 0.6) is 0 Å². The Kier molecular flexibility index (Phi) is 7.48. The van der Waals surface area contributed by atoms with Gasteiger partial charge in [-0.2, -0.15) is 13.2 Å². The molecule has 2 amide bonds. The third kappa shape index (κ3) is 6.07. The molecule has 1 aromatic carbocycles. The Labute approximate surface area is 223 Å². The first-order chi connectivity index (χ1) is 18.9. The van der Waals surface area contributed by atoms with Crippen LogP contribution in [0, 0.1) is 30.5 Å². The van der Waals surface area contributed by atoms with Gasteiger partial charge in [0.25, 0.3) is 5.91 Å². The summed E-state index contributed by atoms with van der Waals surface area (Å²) >= 11 is 0. The molecule has 0 unspecified atom stereocenters. The fourth-order valence-corrected chi connectivity index (χ4v) is 5.24. The molecule has 0 bridgehead atoms. The highest BCUT2D eigenvalue weighted by molar-refractivity contribution is 5.93. The molecule has 2 aliphatic carbocycles. The minimum absolute atomic E-state index is 0.00746. The van der Waals surface area contributed by atoms with Crippen molar-refractivity contribution in [3.63, 3.8) is 0 Å². The van der Waals surface area contributed by atoms with Crippen molar-refractivity contribution >= 4 is 22.8 Å². The van der Waals surface area contributed by atoms with Gasteiger partial charge in [0.05, 0.1) is 17.5 Å².